The molecule has 1 N–H and O–H groups in total. The van der Waals surface area contributed by atoms with E-state index in [0.29, 0.717) is 6.54 Å². The number of carbonyl (C=O) groups excluding carboxylic acids is 1. The molecule has 2 rings (SSSR count). The molecule has 0 spiro atoms. The molecule has 1 heterocycles. The third-order valence-corrected chi connectivity index (χ3v) is 3.06. The predicted molar refractivity (Wildman–Crippen MR) is 72.8 cm³/mol. The van der Waals surface area contributed by atoms with E-state index in [2.05, 4.69) is 22.3 Å². The lowest BCUT2D eigenvalue weighted by atomic mass is 10.1. The van der Waals surface area contributed by atoms with Gasteiger partial charge in [-0.2, -0.15) is 0 Å². The second-order valence-electron chi connectivity index (χ2n) is 4.20. The van der Waals surface area contributed by atoms with Gasteiger partial charge in [0, 0.05) is 26.2 Å². The normalized spacial score (nSPS) is 19.9. The minimum absolute atomic E-state index is 0. The van der Waals surface area contributed by atoms with E-state index < -0.39 is 0 Å². The standard InChI is InChI=1S/C13H18N2O2.ClH/c1-17-13(16)12-9-14-7-8-15(12)10-11-5-3-2-4-6-11;/h2-6,12,14H,7-10H2,1H3;1H. The van der Waals surface area contributed by atoms with Gasteiger partial charge in [0.25, 0.3) is 0 Å². The highest BCUT2D eigenvalue weighted by Crippen LogP contribution is 2.11. The van der Waals surface area contributed by atoms with Crippen LogP contribution >= 0.6 is 12.4 Å². The van der Waals surface area contributed by atoms with Crippen LogP contribution in [-0.4, -0.2) is 43.7 Å². The quantitative estimate of drug-likeness (QED) is 0.834. The van der Waals surface area contributed by atoms with Gasteiger partial charge in [0.1, 0.15) is 6.04 Å². The molecule has 0 radical (unpaired) electrons. The summed E-state index contributed by atoms with van der Waals surface area (Å²) >= 11 is 0. The van der Waals surface area contributed by atoms with E-state index in [1.165, 1.54) is 12.7 Å². The first-order valence-corrected chi connectivity index (χ1v) is 5.88. The molecule has 0 saturated carbocycles. The minimum atomic E-state index is -0.172. The van der Waals surface area contributed by atoms with Crippen LogP contribution in [0.3, 0.4) is 0 Å². The van der Waals surface area contributed by atoms with E-state index in [9.17, 15) is 4.79 Å². The van der Waals surface area contributed by atoms with E-state index in [-0.39, 0.29) is 24.4 Å². The van der Waals surface area contributed by atoms with Gasteiger partial charge in [0.15, 0.2) is 0 Å². The van der Waals surface area contributed by atoms with Crippen molar-refractivity contribution in [2.45, 2.75) is 12.6 Å². The van der Waals surface area contributed by atoms with Crippen LogP contribution in [0.25, 0.3) is 0 Å². The van der Waals surface area contributed by atoms with Gasteiger partial charge in [0.05, 0.1) is 7.11 Å². The summed E-state index contributed by atoms with van der Waals surface area (Å²) < 4.78 is 4.84. The topological polar surface area (TPSA) is 41.6 Å². The molecule has 18 heavy (non-hydrogen) atoms. The summed E-state index contributed by atoms with van der Waals surface area (Å²) in [6.07, 6.45) is 0. The number of nitrogens with zero attached hydrogens (tertiary/aromatic N) is 1. The second-order valence-corrected chi connectivity index (χ2v) is 4.20. The third-order valence-electron chi connectivity index (χ3n) is 3.06. The molecule has 0 aliphatic carbocycles. The molecule has 4 nitrogen and oxygen atoms in total. The van der Waals surface area contributed by atoms with Crippen molar-refractivity contribution >= 4 is 18.4 Å². The Kier molecular flexibility index (Phi) is 6.12. The zero-order chi connectivity index (χ0) is 12.1. The fourth-order valence-corrected chi connectivity index (χ4v) is 2.12. The van der Waals surface area contributed by atoms with E-state index in [0.717, 1.165) is 19.6 Å². The number of nitrogens with one attached hydrogen (secondary N) is 1. The van der Waals surface area contributed by atoms with Crippen LogP contribution in [0, 0.1) is 0 Å². The molecule has 0 aromatic heterocycles. The highest BCUT2D eigenvalue weighted by atomic mass is 35.5. The molecule has 1 aromatic carbocycles. The highest BCUT2D eigenvalue weighted by molar-refractivity contribution is 5.85. The number of ether oxygens (including phenoxy) is 1. The number of benzene rings is 1. The largest absolute Gasteiger partial charge is 0.468 e. The summed E-state index contributed by atoms with van der Waals surface area (Å²) in [7, 11) is 1.44. The Hall–Kier alpha value is -1.10. The van der Waals surface area contributed by atoms with Crippen molar-refractivity contribution in [2.75, 3.05) is 26.7 Å². The Balaban J connectivity index is 0.00000162. The van der Waals surface area contributed by atoms with Crippen LogP contribution < -0.4 is 5.32 Å². The second kappa shape index (κ2) is 7.36. The van der Waals surface area contributed by atoms with Gasteiger partial charge < -0.3 is 10.1 Å². The Morgan fingerprint density at radius 1 is 1.44 bits per heavy atom. The van der Waals surface area contributed by atoms with E-state index in [1.54, 1.807) is 0 Å². The van der Waals surface area contributed by atoms with E-state index >= 15 is 0 Å². The number of halogens is 1. The van der Waals surface area contributed by atoms with Crippen LogP contribution in [0.15, 0.2) is 30.3 Å². The average Bonchev–Trinajstić information content (AvgIpc) is 2.40. The van der Waals surface area contributed by atoms with Crippen molar-refractivity contribution in [1.29, 1.82) is 0 Å². The Bertz CT molecular complexity index is 373. The number of rotatable bonds is 3. The number of hydrogen-bond donors (Lipinski definition) is 1. The van der Waals surface area contributed by atoms with Crippen LogP contribution in [-0.2, 0) is 16.1 Å². The average molecular weight is 271 g/mol. The Labute approximate surface area is 114 Å². The van der Waals surface area contributed by atoms with Crippen molar-refractivity contribution < 1.29 is 9.53 Å². The van der Waals surface area contributed by atoms with Crippen LogP contribution in [0.1, 0.15) is 5.56 Å². The van der Waals surface area contributed by atoms with Crippen molar-refractivity contribution in [3.8, 4) is 0 Å². The molecule has 1 unspecified atom stereocenters. The third kappa shape index (κ3) is 3.70. The molecule has 1 aromatic rings. The smallest absolute Gasteiger partial charge is 0.324 e. The molecule has 1 atom stereocenters. The Morgan fingerprint density at radius 3 is 2.83 bits per heavy atom. The number of carbonyl (C=O) groups is 1. The molecule has 0 amide bonds. The lowest BCUT2D eigenvalue weighted by Gasteiger charge is -2.34. The summed E-state index contributed by atoms with van der Waals surface area (Å²) in [5, 5.41) is 3.22. The maximum absolute atomic E-state index is 11.7. The highest BCUT2D eigenvalue weighted by Gasteiger charge is 2.29. The van der Waals surface area contributed by atoms with Gasteiger partial charge in [-0.3, -0.25) is 9.69 Å². The van der Waals surface area contributed by atoms with E-state index in [4.69, 9.17) is 4.74 Å². The summed E-state index contributed by atoms with van der Waals surface area (Å²) in [5.74, 6) is -0.159. The molecule has 100 valence electrons. The maximum Gasteiger partial charge on any atom is 0.324 e. The van der Waals surface area contributed by atoms with Crippen molar-refractivity contribution in [3.05, 3.63) is 35.9 Å². The van der Waals surface area contributed by atoms with Crippen LogP contribution in [0.4, 0.5) is 0 Å². The summed E-state index contributed by atoms with van der Waals surface area (Å²) in [5.41, 5.74) is 1.23. The van der Waals surface area contributed by atoms with Gasteiger partial charge in [-0.05, 0) is 5.56 Å². The lowest BCUT2D eigenvalue weighted by Crippen LogP contribution is -2.54. The first-order valence-electron chi connectivity index (χ1n) is 5.88. The molecule has 1 saturated heterocycles. The van der Waals surface area contributed by atoms with Crippen molar-refractivity contribution in [3.63, 3.8) is 0 Å². The molecule has 1 fully saturated rings. The molecular formula is C13H19ClN2O2. The SMILES string of the molecule is COC(=O)C1CNCCN1Cc1ccccc1.Cl. The first-order chi connectivity index (χ1) is 8.31. The minimum Gasteiger partial charge on any atom is -0.468 e. The van der Waals surface area contributed by atoms with E-state index in [1.807, 2.05) is 18.2 Å². The summed E-state index contributed by atoms with van der Waals surface area (Å²) in [4.78, 5) is 13.8. The summed E-state index contributed by atoms with van der Waals surface area (Å²) in [6.45, 7) is 3.25. The fourth-order valence-electron chi connectivity index (χ4n) is 2.12. The Morgan fingerprint density at radius 2 is 2.17 bits per heavy atom. The predicted octanol–water partition coefficient (Wildman–Crippen LogP) is 1.06. The van der Waals surface area contributed by atoms with Crippen LogP contribution in [0.2, 0.25) is 0 Å². The van der Waals surface area contributed by atoms with Gasteiger partial charge in [0.2, 0.25) is 0 Å². The molecule has 5 heteroatoms. The first kappa shape index (κ1) is 15.0. The van der Waals surface area contributed by atoms with Gasteiger partial charge in [-0.15, -0.1) is 12.4 Å². The van der Waals surface area contributed by atoms with Crippen molar-refractivity contribution in [1.82, 2.24) is 10.2 Å². The lowest BCUT2D eigenvalue weighted by molar-refractivity contribution is -0.147. The zero-order valence-electron chi connectivity index (χ0n) is 10.5. The number of piperazine rings is 1. The molecule has 1 aliphatic heterocycles. The van der Waals surface area contributed by atoms with Gasteiger partial charge in [-0.1, -0.05) is 30.3 Å². The monoisotopic (exact) mass is 270 g/mol. The summed E-state index contributed by atoms with van der Waals surface area (Å²) in [6, 6.07) is 10.0. The van der Waals surface area contributed by atoms with Gasteiger partial charge in [-0.25, -0.2) is 0 Å². The number of methoxy groups -OCH3 is 1. The number of esters is 1. The zero-order valence-corrected chi connectivity index (χ0v) is 11.3. The number of hydrogen-bond acceptors (Lipinski definition) is 4. The van der Waals surface area contributed by atoms with Crippen LogP contribution in [0.5, 0.6) is 0 Å². The molecule has 1 aliphatic rings. The maximum atomic E-state index is 11.7. The van der Waals surface area contributed by atoms with Gasteiger partial charge >= 0.3 is 5.97 Å². The molecule has 0 bridgehead atoms. The molecular weight excluding hydrogens is 252 g/mol. The fraction of sp³-hybridized carbons (Fsp3) is 0.462. The van der Waals surface area contributed by atoms with Crippen molar-refractivity contribution in [2.24, 2.45) is 0 Å².